The Balaban J connectivity index is 0.000000113. The molecule has 20 aromatic rings. The summed E-state index contributed by atoms with van der Waals surface area (Å²) in [5.74, 6) is 1.44. The molecule has 15 aromatic heterocycles. The zero-order valence-corrected chi connectivity index (χ0v) is 78.5. The Morgan fingerprint density at radius 1 is 0.319 bits per heavy atom. The van der Waals surface area contributed by atoms with E-state index in [0.717, 1.165) is 109 Å². The van der Waals surface area contributed by atoms with Gasteiger partial charge in [-0.2, -0.15) is 29.9 Å². The molecule has 0 unspecified atom stereocenters. The van der Waals surface area contributed by atoms with Gasteiger partial charge in [-0.1, -0.05) is 99.9 Å². The van der Waals surface area contributed by atoms with Crippen molar-refractivity contribution < 1.29 is 9.50 Å². The van der Waals surface area contributed by atoms with Crippen LogP contribution in [0.1, 0.15) is 25.7 Å². The fraction of sp³-hybridized carbons (Fsp3) is 0.149. The zero-order valence-electron chi connectivity index (χ0n) is 72.4. The average Bonchev–Trinajstić information content (AvgIpc) is 1.79. The van der Waals surface area contributed by atoms with E-state index in [9.17, 15) is 9.50 Å². The number of aliphatic hydroxyl groups excluding tert-OH is 1. The second-order valence-electron chi connectivity index (χ2n) is 31.5. The molecule has 0 saturated carbocycles. The first-order valence-electron chi connectivity index (χ1n) is 41.9. The predicted molar refractivity (Wildman–Crippen MR) is 534 cm³/mol. The molecule has 0 atom stereocenters. The molecule has 2 aliphatic rings. The van der Waals surface area contributed by atoms with Gasteiger partial charge < -0.3 is 43.6 Å². The van der Waals surface area contributed by atoms with E-state index >= 15 is 0 Å². The van der Waals surface area contributed by atoms with E-state index in [0.29, 0.717) is 170 Å². The van der Waals surface area contributed by atoms with Crippen LogP contribution < -0.4 is 38.5 Å². The summed E-state index contributed by atoms with van der Waals surface area (Å²) in [6.07, 6.45) is 21.0. The first-order valence-corrected chi connectivity index (χ1v) is 45.0. The molecule has 0 bridgehead atoms. The van der Waals surface area contributed by atoms with Crippen LogP contribution in [-0.2, 0) is 35.2 Å². The fourth-order valence-electron chi connectivity index (χ4n) is 15.7. The van der Waals surface area contributed by atoms with E-state index in [1.54, 1.807) is 91.9 Å². The topological polar surface area (TPSA) is 439 Å². The molecule has 0 spiro atoms. The number of aliphatic hydroxyl groups is 1. The average molecular weight is 1980 g/mol. The Labute approximate surface area is 807 Å². The number of rotatable bonds is 12. The SMILES string of the molecule is Cn1ccc(-c2nc(N)c(Br)nc2-c2cc(Cl)c3ncccc3c2)n1.Cn1ccc(-c2nc(N)c(Cl)nc2-c2cc(Cl)c3ncccc3c2)n1.Cn1ccc(-c2nc(N)c(F)nc2-c2cc(Cl)c3ncccc3c2)n1.Cn1ccc(-c2nc(N)c(N3CCC(O)CC3)nc2-c2cc(Cl)c3ncccc3c2)n1.Cn1ccc(-c2nc(N)c(N3CCCC3)nc2-c2cc(Cl)c3ncccc3c2)n1. The monoisotopic (exact) mass is 1980 g/mol. The summed E-state index contributed by atoms with van der Waals surface area (Å²) in [6.45, 7) is 3.21. The Bertz CT molecular complexity index is 7520. The highest BCUT2D eigenvalue weighted by Crippen LogP contribution is 2.43. The molecule has 0 aliphatic carbocycles. The molecule has 17 heterocycles. The zero-order chi connectivity index (χ0) is 94.1. The van der Waals surface area contributed by atoms with Crippen molar-refractivity contribution in [1.29, 1.82) is 0 Å². The second kappa shape index (κ2) is 38.9. The van der Waals surface area contributed by atoms with Crippen molar-refractivity contribution in [3.05, 3.63) is 254 Å². The molecule has 11 N–H and O–H groups in total. The largest absolute Gasteiger partial charge is 0.393 e. The van der Waals surface area contributed by atoms with Crippen molar-refractivity contribution in [2.75, 3.05) is 64.6 Å². The number of hydrogen-bond donors (Lipinski definition) is 6. The quantitative estimate of drug-likeness (QED) is 0.0661. The van der Waals surface area contributed by atoms with E-state index in [2.05, 4.69) is 106 Å². The number of fused-ring (bicyclic) bond motifs is 5. The maximum absolute atomic E-state index is 14.0. The lowest BCUT2D eigenvalue weighted by molar-refractivity contribution is 0.145. The second-order valence-corrected chi connectivity index (χ2v) is 34.6. The third-order valence-electron chi connectivity index (χ3n) is 22.1. The van der Waals surface area contributed by atoms with Crippen molar-refractivity contribution >= 4 is 181 Å². The Morgan fingerprint density at radius 2 is 0.585 bits per heavy atom. The highest BCUT2D eigenvalue weighted by Gasteiger charge is 2.29. The maximum atomic E-state index is 14.0. The van der Waals surface area contributed by atoms with Gasteiger partial charge in [-0.3, -0.25) is 48.3 Å². The summed E-state index contributed by atoms with van der Waals surface area (Å²) in [5.41, 5.74) is 46.5. The molecular formula is C94H78BrCl6FN32O. The molecular weight excluding hydrogens is 1900 g/mol. The first-order chi connectivity index (χ1) is 65.2. The molecule has 5 aromatic carbocycles. The van der Waals surface area contributed by atoms with Gasteiger partial charge in [0.1, 0.15) is 84.3 Å². The number of benzene rings is 5. The molecule has 41 heteroatoms. The van der Waals surface area contributed by atoms with Crippen LogP contribution in [-0.4, -0.2) is 161 Å². The van der Waals surface area contributed by atoms with Crippen molar-refractivity contribution in [3.63, 3.8) is 0 Å². The molecule has 22 rings (SSSR count). The number of halogens is 8. The van der Waals surface area contributed by atoms with Crippen LogP contribution in [0.4, 0.5) is 45.1 Å². The molecule has 2 fully saturated rings. The summed E-state index contributed by atoms with van der Waals surface area (Å²) >= 11 is 41.7. The number of aryl methyl sites for hydroxylation is 5. The number of nitrogens with zero attached hydrogens (tertiary/aromatic N) is 27. The van der Waals surface area contributed by atoms with Gasteiger partial charge in [0.05, 0.1) is 64.5 Å². The number of pyridine rings is 5. The van der Waals surface area contributed by atoms with Gasteiger partial charge in [-0.25, -0.2) is 49.8 Å². The third-order valence-corrected chi connectivity index (χ3v) is 24.4. The molecule has 135 heavy (non-hydrogen) atoms. The van der Waals surface area contributed by atoms with Crippen LogP contribution >= 0.6 is 85.5 Å². The van der Waals surface area contributed by atoms with Gasteiger partial charge >= 0.3 is 0 Å². The molecule has 2 aliphatic heterocycles. The van der Waals surface area contributed by atoms with Crippen molar-refractivity contribution in [1.82, 2.24) is 124 Å². The first kappa shape index (κ1) is 90.8. The maximum Gasteiger partial charge on any atom is 0.256 e. The van der Waals surface area contributed by atoms with Crippen molar-refractivity contribution in [3.8, 4) is 113 Å². The van der Waals surface area contributed by atoms with E-state index in [4.69, 9.17) is 118 Å². The van der Waals surface area contributed by atoms with Gasteiger partial charge in [0.2, 0.25) is 0 Å². The van der Waals surface area contributed by atoms with E-state index in [1.807, 2.05) is 180 Å². The summed E-state index contributed by atoms with van der Waals surface area (Å²) in [5, 5.41) is 39.3. The molecule has 676 valence electrons. The van der Waals surface area contributed by atoms with E-state index < -0.39 is 5.95 Å². The smallest absolute Gasteiger partial charge is 0.256 e. The minimum absolute atomic E-state index is 0.136. The predicted octanol–water partition coefficient (Wildman–Crippen LogP) is 18.8. The summed E-state index contributed by atoms with van der Waals surface area (Å²) in [6, 6.07) is 47.1. The van der Waals surface area contributed by atoms with Crippen LogP contribution in [0.15, 0.2) is 218 Å². The lowest BCUT2D eigenvalue weighted by atomic mass is 10.0. The lowest BCUT2D eigenvalue weighted by Crippen LogP contribution is -2.37. The number of nitrogens with two attached hydrogens (primary N) is 5. The van der Waals surface area contributed by atoms with Crippen LogP contribution in [0.25, 0.3) is 168 Å². The normalized spacial score (nSPS) is 12.7. The summed E-state index contributed by atoms with van der Waals surface area (Å²) in [4.78, 5) is 71.3. The van der Waals surface area contributed by atoms with Gasteiger partial charge in [0.25, 0.3) is 5.95 Å². The fourth-order valence-corrected chi connectivity index (χ4v) is 17.4. The van der Waals surface area contributed by atoms with Crippen LogP contribution in [0.5, 0.6) is 0 Å². The van der Waals surface area contributed by atoms with Crippen LogP contribution in [0, 0.1) is 5.95 Å². The highest BCUT2D eigenvalue weighted by molar-refractivity contribution is 9.10. The Kier molecular flexibility index (Phi) is 26.1. The summed E-state index contributed by atoms with van der Waals surface area (Å²) in [7, 11) is 9.18. The van der Waals surface area contributed by atoms with Crippen LogP contribution in [0.3, 0.4) is 0 Å². The standard InChI is InChI=1S/C22H22ClN7O.C21H20ClN7.C17H12BrClN6.C17H12Cl2N6.C17H12ClFN6/c1-29-8-6-17(28-29)20-19(14-11-13-3-2-7-25-18(13)16(23)12-14)27-22(21(24)26-20)30-9-4-15(31)5-10-30;1-28-10-6-16(27-28)19-18(26-21(20(23)25-19)29-8-2-3-9-29)14-11-13-5-4-7-24-17(13)15(22)12-14;1-25-6-4-12(24-25)15-14(22-16(18)17(20)23-15)10-7-9-3-2-5-21-13(9)11(19)8-10;2*1-25-6-4-12(24-25)15-14(22-16(19)17(20)23-15)10-7-9-3-2-5-21-13(9)11(18)8-10/h2-3,6-8,11-12,15,31H,4-5,9-10H2,1H3,(H2,24,26);4-7,10-12H,2-3,8-9H2,1H3,(H2,23,25);3*2-8H,1H3,(H2,20,23). The molecule has 33 nitrogen and oxygen atoms in total. The molecule has 0 amide bonds. The highest BCUT2D eigenvalue weighted by atomic mass is 79.9. The van der Waals surface area contributed by atoms with Gasteiger partial charge in [0.15, 0.2) is 45.9 Å². The number of aromatic nitrogens is 25. The molecule has 0 radical (unpaired) electrons. The molecule has 2 saturated heterocycles. The minimum atomic E-state index is -0.836. The van der Waals surface area contributed by atoms with Gasteiger partial charge in [-0.15, -0.1) is 0 Å². The Hall–Kier alpha value is -14.7. The third kappa shape index (κ3) is 19.5. The number of piperidine rings is 1. The van der Waals surface area contributed by atoms with Gasteiger partial charge in [-0.05, 0) is 163 Å². The van der Waals surface area contributed by atoms with Crippen molar-refractivity contribution in [2.24, 2.45) is 35.2 Å². The van der Waals surface area contributed by atoms with Crippen molar-refractivity contribution in [2.45, 2.75) is 31.8 Å². The number of nitrogen functional groups attached to an aromatic ring is 5. The summed E-state index contributed by atoms with van der Waals surface area (Å²) < 4.78 is 23.0. The van der Waals surface area contributed by atoms with Gasteiger partial charge in [0, 0.05) is 178 Å². The lowest BCUT2D eigenvalue weighted by Gasteiger charge is -2.31. The Morgan fingerprint density at radius 3 is 0.889 bits per heavy atom. The van der Waals surface area contributed by atoms with E-state index in [1.165, 1.54) is 0 Å². The minimum Gasteiger partial charge on any atom is -0.393 e. The van der Waals surface area contributed by atoms with E-state index in [-0.39, 0.29) is 22.9 Å². The number of hydrogen-bond acceptors (Lipinski definition) is 28. The van der Waals surface area contributed by atoms with Crippen LogP contribution in [0.2, 0.25) is 30.3 Å². The number of anilines is 7.